The van der Waals surface area contributed by atoms with Gasteiger partial charge in [0.2, 0.25) is 10.0 Å². The second-order valence-electron chi connectivity index (χ2n) is 4.94. The number of sulfonamides is 1. The van der Waals surface area contributed by atoms with Gasteiger partial charge in [0.1, 0.15) is 0 Å². The summed E-state index contributed by atoms with van der Waals surface area (Å²) in [6.07, 6.45) is 0. The van der Waals surface area contributed by atoms with Crippen LogP contribution in [0.15, 0.2) is 24.3 Å². The van der Waals surface area contributed by atoms with Crippen molar-refractivity contribution >= 4 is 21.7 Å². The molecule has 0 aliphatic rings. The van der Waals surface area contributed by atoms with Crippen LogP contribution in [0.4, 0.5) is 5.69 Å². The lowest BCUT2D eigenvalue weighted by atomic mass is 10.2. The molecule has 2 N–H and O–H groups in total. The number of nitrogen functional groups attached to an aromatic ring is 1. The van der Waals surface area contributed by atoms with Crippen molar-refractivity contribution in [3.63, 3.8) is 0 Å². The van der Waals surface area contributed by atoms with Gasteiger partial charge in [-0.3, -0.25) is 4.79 Å². The largest absolute Gasteiger partial charge is 0.465 e. The van der Waals surface area contributed by atoms with Gasteiger partial charge in [-0.2, -0.15) is 4.31 Å². The second-order valence-corrected chi connectivity index (χ2v) is 6.86. The van der Waals surface area contributed by atoms with Crippen molar-refractivity contribution < 1.29 is 17.9 Å². The van der Waals surface area contributed by atoms with E-state index in [2.05, 4.69) is 0 Å². The molecule has 118 valence electrons. The summed E-state index contributed by atoms with van der Waals surface area (Å²) < 4.78 is 30.7. The van der Waals surface area contributed by atoms with Gasteiger partial charge in [-0.1, -0.05) is 12.1 Å². The van der Waals surface area contributed by atoms with Gasteiger partial charge in [0.05, 0.1) is 6.61 Å². The second kappa shape index (κ2) is 7.42. The average molecular weight is 314 g/mol. The number of benzene rings is 1. The van der Waals surface area contributed by atoms with Crippen molar-refractivity contribution in [2.75, 3.05) is 18.1 Å². The number of rotatable bonds is 7. The maximum Gasteiger partial charge on any atom is 0.322 e. The smallest absolute Gasteiger partial charge is 0.322 e. The van der Waals surface area contributed by atoms with Crippen molar-refractivity contribution in [3.05, 3.63) is 29.8 Å². The topological polar surface area (TPSA) is 89.7 Å². The van der Waals surface area contributed by atoms with E-state index in [0.717, 1.165) is 5.56 Å². The predicted molar refractivity (Wildman–Crippen MR) is 82.0 cm³/mol. The maximum atomic E-state index is 12.3. The Morgan fingerprint density at radius 2 is 1.86 bits per heavy atom. The summed E-state index contributed by atoms with van der Waals surface area (Å²) in [5.74, 6) is -1.38. The third kappa shape index (κ3) is 5.35. The molecule has 0 spiro atoms. The van der Waals surface area contributed by atoms with Gasteiger partial charge in [-0.05, 0) is 38.5 Å². The molecule has 0 heterocycles. The van der Waals surface area contributed by atoms with Crippen LogP contribution < -0.4 is 5.73 Å². The highest BCUT2D eigenvalue weighted by Crippen LogP contribution is 2.15. The summed E-state index contributed by atoms with van der Waals surface area (Å²) in [6.45, 7) is 5.52. The molecule has 0 aromatic heterocycles. The van der Waals surface area contributed by atoms with Crippen LogP contribution in [0.5, 0.6) is 0 Å². The number of carbonyl (C=O) groups is 1. The Balaban J connectivity index is 2.90. The number of nitrogens with two attached hydrogens (primary N) is 1. The molecule has 0 atom stereocenters. The minimum atomic E-state index is -3.72. The van der Waals surface area contributed by atoms with Crippen LogP contribution in [0.1, 0.15) is 26.3 Å². The summed E-state index contributed by atoms with van der Waals surface area (Å²) in [5, 5.41) is 0. The van der Waals surface area contributed by atoms with E-state index >= 15 is 0 Å². The molecule has 6 nitrogen and oxygen atoms in total. The minimum Gasteiger partial charge on any atom is -0.465 e. The average Bonchev–Trinajstić information content (AvgIpc) is 2.36. The number of esters is 1. The fourth-order valence-corrected chi connectivity index (χ4v) is 3.37. The molecule has 0 saturated carbocycles. The van der Waals surface area contributed by atoms with Crippen LogP contribution in [-0.2, 0) is 26.1 Å². The molecule has 1 rings (SSSR count). The summed E-state index contributed by atoms with van der Waals surface area (Å²) >= 11 is 0. The first kappa shape index (κ1) is 17.5. The summed E-state index contributed by atoms with van der Waals surface area (Å²) in [6, 6.07) is 6.70. The molecule has 0 unspecified atom stereocenters. The van der Waals surface area contributed by atoms with Crippen molar-refractivity contribution in [1.82, 2.24) is 4.31 Å². The predicted octanol–water partition coefficient (Wildman–Crippen LogP) is 1.37. The minimum absolute atomic E-state index is 0.161. The van der Waals surface area contributed by atoms with E-state index in [1.807, 2.05) is 0 Å². The number of anilines is 1. The van der Waals surface area contributed by atoms with Crippen molar-refractivity contribution in [2.45, 2.75) is 33.4 Å². The van der Waals surface area contributed by atoms with Gasteiger partial charge < -0.3 is 10.5 Å². The Labute approximate surface area is 125 Å². The van der Waals surface area contributed by atoms with E-state index in [0.29, 0.717) is 5.69 Å². The molecule has 1 aromatic carbocycles. The van der Waals surface area contributed by atoms with Crippen LogP contribution >= 0.6 is 0 Å². The van der Waals surface area contributed by atoms with Crippen molar-refractivity contribution in [2.24, 2.45) is 0 Å². The van der Waals surface area contributed by atoms with Crippen LogP contribution in [0.25, 0.3) is 0 Å². The van der Waals surface area contributed by atoms with Crippen LogP contribution in [0, 0.1) is 0 Å². The Morgan fingerprint density at radius 3 is 2.33 bits per heavy atom. The van der Waals surface area contributed by atoms with Gasteiger partial charge in [0.25, 0.3) is 0 Å². The van der Waals surface area contributed by atoms with E-state index in [1.54, 1.807) is 45.0 Å². The molecular formula is C14H22N2O4S. The van der Waals surface area contributed by atoms with Crippen LogP contribution in [0.2, 0.25) is 0 Å². The fourth-order valence-electron chi connectivity index (χ4n) is 1.84. The molecule has 0 saturated heterocycles. The molecule has 0 amide bonds. The van der Waals surface area contributed by atoms with Gasteiger partial charge >= 0.3 is 5.97 Å². The highest BCUT2D eigenvalue weighted by atomic mass is 32.2. The molecule has 0 aliphatic carbocycles. The normalized spacial score (nSPS) is 11.9. The Morgan fingerprint density at radius 1 is 1.29 bits per heavy atom. The van der Waals surface area contributed by atoms with Gasteiger partial charge in [-0.25, -0.2) is 8.42 Å². The van der Waals surface area contributed by atoms with Crippen molar-refractivity contribution in [3.8, 4) is 0 Å². The molecule has 0 fully saturated rings. The first-order valence-corrected chi connectivity index (χ1v) is 8.36. The summed E-state index contributed by atoms with van der Waals surface area (Å²) in [4.78, 5) is 11.4. The summed E-state index contributed by atoms with van der Waals surface area (Å²) in [7, 11) is -3.72. The van der Waals surface area contributed by atoms with E-state index in [4.69, 9.17) is 10.5 Å². The van der Waals surface area contributed by atoms with Crippen LogP contribution in [0.3, 0.4) is 0 Å². The van der Waals surface area contributed by atoms with E-state index in [9.17, 15) is 13.2 Å². The summed E-state index contributed by atoms with van der Waals surface area (Å²) in [5.41, 5.74) is 7.03. The quantitative estimate of drug-likeness (QED) is 0.606. The van der Waals surface area contributed by atoms with Crippen LogP contribution in [-0.4, -0.2) is 37.1 Å². The Hall–Kier alpha value is -1.60. The molecule has 21 heavy (non-hydrogen) atoms. The van der Waals surface area contributed by atoms with E-state index < -0.39 is 21.7 Å². The lowest BCUT2D eigenvalue weighted by Gasteiger charge is -2.25. The van der Waals surface area contributed by atoms with E-state index in [-0.39, 0.29) is 19.2 Å². The first-order chi connectivity index (χ1) is 9.76. The van der Waals surface area contributed by atoms with Gasteiger partial charge in [-0.15, -0.1) is 0 Å². The highest BCUT2D eigenvalue weighted by Gasteiger charge is 2.28. The number of ether oxygens (including phenoxy) is 1. The van der Waals surface area contributed by atoms with E-state index in [1.165, 1.54) is 4.31 Å². The molecule has 7 heteroatoms. The molecule has 0 bridgehead atoms. The lowest BCUT2D eigenvalue weighted by molar-refractivity contribution is -0.140. The van der Waals surface area contributed by atoms with Crippen molar-refractivity contribution in [1.29, 1.82) is 0 Å². The SMILES string of the molecule is CCOC(=O)CS(=O)(=O)N(Cc1ccc(N)cc1)C(C)C. The maximum absolute atomic E-state index is 12.3. The number of hydrogen-bond donors (Lipinski definition) is 1. The highest BCUT2D eigenvalue weighted by molar-refractivity contribution is 7.89. The molecule has 0 radical (unpaired) electrons. The fraction of sp³-hybridized carbons (Fsp3) is 0.500. The van der Waals surface area contributed by atoms with Gasteiger partial charge in [0.15, 0.2) is 5.75 Å². The Kier molecular flexibility index (Phi) is 6.17. The molecular weight excluding hydrogens is 292 g/mol. The monoisotopic (exact) mass is 314 g/mol. The molecule has 1 aromatic rings. The third-order valence-electron chi connectivity index (χ3n) is 2.86. The number of carbonyl (C=O) groups excluding carboxylic acids is 1. The zero-order valence-corrected chi connectivity index (χ0v) is 13.4. The standard InChI is InChI=1S/C14H22N2O4S/c1-4-20-14(17)10-21(18,19)16(11(2)3)9-12-5-7-13(15)8-6-12/h5-8,11H,4,9-10,15H2,1-3H3. The van der Waals surface area contributed by atoms with Gasteiger partial charge in [0, 0.05) is 18.3 Å². The lowest BCUT2D eigenvalue weighted by Crippen LogP contribution is -2.40. The zero-order valence-electron chi connectivity index (χ0n) is 12.6. The first-order valence-electron chi connectivity index (χ1n) is 6.75. The third-order valence-corrected chi connectivity index (χ3v) is 4.72. The number of hydrogen-bond acceptors (Lipinski definition) is 5. The number of nitrogens with zero attached hydrogens (tertiary/aromatic N) is 1. The Bertz CT molecular complexity index is 567. The molecule has 0 aliphatic heterocycles. The zero-order chi connectivity index (χ0) is 16.0.